The topological polar surface area (TPSA) is 84.6 Å². The van der Waals surface area contributed by atoms with Crippen molar-refractivity contribution >= 4 is 5.97 Å². The van der Waals surface area contributed by atoms with E-state index in [-0.39, 0.29) is 6.04 Å². The lowest BCUT2D eigenvalue weighted by molar-refractivity contribution is -0.138. The van der Waals surface area contributed by atoms with Crippen LogP contribution in [0.1, 0.15) is 29.2 Å². The summed E-state index contributed by atoms with van der Waals surface area (Å²) in [4.78, 5) is 10.8. The number of hydrogen-bond acceptors (Lipinski definition) is 4. The van der Waals surface area contributed by atoms with Crippen molar-refractivity contribution in [1.29, 1.82) is 0 Å². The summed E-state index contributed by atoms with van der Waals surface area (Å²) in [6.07, 6.45) is 0.344. The van der Waals surface area contributed by atoms with Crippen molar-refractivity contribution < 1.29 is 14.6 Å². The maximum Gasteiger partial charge on any atom is 0.320 e. The maximum absolute atomic E-state index is 10.8. The maximum atomic E-state index is 10.8. The quantitative estimate of drug-likeness (QED) is 0.724. The molecule has 0 aliphatic rings. The van der Waals surface area contributed by atoms with Gasteiger partial charge in [0.2, 0.25) is 0 Å². The van der Waals surface area contributed by atoms with Gasteiger partial charge in [0.15, 0.2) is 0 Å². The second kappa shape index (κ2) is 6.54. The number of carbonyl (C=O) groups is 1. The zero-order valence-corrected chi connectivity index (χ0v) is 11.9. The first kappa shape index (κ1) is 15.5. The predicted octanol–water partition coefficient (Wildman–Crippen LogP) is 1.37. The van der Waals surface area contributed by atoms with E-state index >= 15 is 0 Å². The van der Waals surface area contributed by atoms with Gasteiger partial charge in [-0.1, -0.05) is 12.1 Å². The monoisotopic (exact) mass is 266 g/mol. The van der Waals surface area contributed by atoms with Crippen LogP contribution < -0.4 is 15.8 Å². The number of aryl methyl sites for hydroxylation is 2. The van der Waals surface area contributed by atoms with Gasteiger partial charge < -0.3 is 20.9 Å². The van der Waals surface area contributed by atoms with Crippen molar-refractivity contribution in [2.45, 2.75) is 32.4 Å². The van der Waals surface area contributed by atoms with Crippen LogP contribution in [0.25, 0.3) is 0 Å². The van der Waals surface area contributed by atoms with Crippen LogP contribution >= 0.6 is 0 Å². The molecule has 2 unspecified atom stereocenters. The number of benzene rings is 1. The average molecular weight is 266 g/mol. The zero-order chi connectivity index (χ0) is 14.6. The van der Waals surface area contributed by atoms with E-state index in [9.17, 15) is 4.79 Å². The summed E-state index contributed by atoms with van der Waals surface area (Å²) < 4.78 is 5.32. The molecule has 19 heavy (non-hydrogen) atoms. The Kier molecular flexibility index (Phi) is 5.32. The van der Waals surface area contributed by atoms with Crippen molar-refractivity contribution in [1.82, 2.24) is 5.32 Å². The van der Waals surface area contributed by atoms with Gasteiger partial charge >= 0.3 is 5.97 Å². The lowest BCUT2D eigenvalue weighted by Crippen LogP contribution is -2.34. The van der Waals surface area contributed by atoms with Crippen molar-refractivity contribution in [2.75, 3.05) is 14.2 Å². The van der Waals surface area contributed by atoms with Crippen molar-refractivity contribution in [2.24, 2.45) is 5.73 Å². The summed E-state index contributed by atoms with van der Waals surface area (Å²) in [7, 11) is 3.44. The van der Waals surface area contributed by atoms with Crippen LogP contribution in [-0.2, 0) is 4.79 Å². The van der Waals surface area contributed by atoms with Gasteiger partial charge in [0.25, 0.3) is 0 Å². The van der Waals surface area contributed by atoms with Gasteiger partial charge in [0.1, 0.15) is 11.8 Å². The first-order chi connectivity index (χ1) is 8.90. The van der Waals surface area contributed by atoms with Crippen molar-refractivity contribution in [3.05, 3.63) is 28.8 Å². The van der Waals surface area contributed by atoms with Crippen molar-refractivity contribution in [3.63, 3.8) is 0 Å². The van der Waals surface area contributed by atoms with Crippen molar-refractivity contribution in [3.8, 4) is 5.75 Å². The highest BCUT2D eigenvalue weighted by molar-refractivity contribution is 5.73. The second-order valence-corrected chi connectivity index (χ2v) is 4.71. The predicted molar refractivity (Wildman–Crippen MR) is 74.5 cm³/mol. The van der Waals surface area contributed by atoms with Crippen LogP contribution in [0, 0.1) is 13.8 Å². The zero-order valence-electron chi connectivity index (χ0n) is 11.9. The van der Waals surface area contributed by atoms with Crippen LogP contribution in [0.4, 0.5) is 0 Å². The number of hydrogen-bond donors (Lipinski definition) is 3. The standard InChI is InChI=1S/C14H22N2O3/c1-8-5-10(6-9(2)13(8)19-4)12(16-3)7-11(15)14(17)18/h5-6,11-12,16H,7,15H2,1-4H3,(H,17,18). The fourth-order valence-corrected chi connectivity index (χ4v) is 2.28. The lowest BCUT2D eigenvalue weighted by atomic mass is 9.96. The number of ether oxygens (including phenoxy) is 1. The summed E-state index contributed by atoms with van der Waals surface area (Å²) in [5.74, 6) is -0.122. The Morgan fingerprint density at radius 3 is 2.32 bits per heavy atom. The Morgan fingerprint density at radius 1 is 1.42 bits per heavy atom. The fraction of sp³-hybridized carbons (Fsp3) is 0.500. The SMILES string of the molecule is CNC(CC(N)C(=O)O)c1cc(C)c(OC)c(C)c1. The summed E-state index contributed by atoms with van der Waals surface area (Å²) in [5.41, 5.74) is 8.68. The minimum Gasteiger partial charge on any atom is -0.496 e. The Bertz CT molecular complexity index is 437. The third kappa shape index (κ3) is 3.68. The number of nitrogens with two attached hydrogens (primary N) is 1. The third-order valence-corrected chi connectivity index (χ3v) is 3.24. The largest absolute Gasteiger partial charge is 0.496 e. The summed E-state index contributed by atoms with van der Waals surface area (Å²) in [5, 5.41) is 12.0. The highest BCUT2D eigenvalue weighted by Crippen LogP contribution is 2.28. The molecule has 106 valence electrons. The number of carboxylic acids is 1. The molecule has 0 saturated carbocycles. The molecule has 0 aliphatic carbocycles. The van der Waals surface area contributed by atoms with E-state index in [0.29, 0.717) is 6.42 Å². The molecule has 5 nitrogen and oxygen atoms in total. The van der Waals surface area contributed by atoms with Gasteiger partial charge in [-0.05, 0) is 44.0 Å². The Labute approximate surface area is 113 Å². The number of nitrogens with one attached hydrogen (secondary N) is 1. The van der Waals surface area contributed by atoms with Crippen LogP contribution in [0.3, 0.4) is 0 Å². The molecule has 1 rings (SSSR count). The Balaban J connectivity index is 3.02. The fourth-order valence-electron chi connectivity index (χ4n) is 2.28. The van der Waals surface area contributed by atoms with Gasteiger partial charge in [0.05, 0.1) is 7.11 Å². The molecular weight excluding hydrogens is 244 g/mol. The normalized spacial score (nSPS) is 13.9. The molecule has 0 saturated heterocycles. The summed E-state index contributed by atoms with van der Waals surface area (Å²) in [6.45, 7) is 3.94. The van der Waals surface area contributed by atoms with E-state index in [2.05, 4.69) is 5.32 Å². The number of rotatable bonds is 6. The molecule has 1 aromatic rings. The molecule has 0 aliphatic heterocycles. The molecule has 1 aromatic carbocycles. The minimum atomic E-state index is -0.984. The highest BCUT2D eigenvalue weighted by atomic mass is 16.5. The van der Waals surface area contributed by atoms with Crippen LogP contribution in [0.15, 0.2) is 12.1 Å². The number of aliphatic carboxylic acids is 1. The molecule has 0 fully saturated rings. The molecule has 0 bridgehead atoms. The van der Waals surface area contributed by atoms with E-state index in [1.165, 1.54) is 0 Å². The Hall–Kier alpha value is -1.59. The summed E-state index contributed by atoms with van der Waals surface area (Å²) >= 11 is 0. The Morgan fingerprint density at radius 2 is 1.95 bits per heavy atom. The first-order valence-electron chi connectivity index (χ1n) is 6.21. The van der Waals surface area contributed by atoms with Crippen LogP contribution in [-0.4, -0.2) is 31.3 Å². The van der Waals surface area contributed by atoms with E-state index in [4.69, 9.17) is 15.6 Å². The van der Waals surface area contributed by atoms with Gasteiger partial charge in [-0.25, -0.2) is 0 Å². The molecular formula is C14H22N2O3. The molecule has 0 amide bonds. The van der Waals surface area contributed by atoms with E-state index in [1.807, 2.05) is 26.0 Å². The van der Waals surface area contributed by atoms with E-state index in [1.54, 1.807) is 14.2 Å². The smallest absolute Gasteiger partial charge is 0.320 e. The van der Waals surface area contributed by atoms with Gasteiger partial charge in [-0.15, -0.1) is 0 Å². The van der Waals surface area contributed by atoms with Crippen LogP contribution in [0.5, 0.6) is 5.75 Å². The first-order valence-corrected chi connectivity index (χ1v) is 6.21. The van der Waals surface area contributed by atoms with Gasteiger partial charge in [-0.2, -0.15) is 0 Å². The molecule has 5 heteroatoms. The van der Waals surface area contributed by atoms with E-state index < -0.39 is 12.0 Å². The van der Waals surface area contributed by atoms with Gasteiger partial charge in [-0.3, -0.25) is 4.79 Å². The molecule has 0 radical (unpaired) electrons. The number of carboxylic acid groups (broad SMARTS) is 1. The third-order valence-electron chi connectivity index (χ3n) is 3.24. The number of methoxy groups -OCH3 is 1. The summed E-state index contributed by atoms with van der Waals surface area (Å²) in [6, 6.07) is 3.04. The van der Waals surface area contributed by atoms with Gasteiger partial charge in [0, 0.05) is 6.04 Å². The highest BCUT2D eigenvalue weighted by Gasteiger charge is 2.20. The molecule has 0 aromatic heterocycles. The molecule has 4 N–H and O–H groups in total. The average Bonchev–Trinajstić information content (AvgIpc) is 2.34. The minimum absolute atomic E-state index is 0.0885. The lowest BCUT2D eigenvalue weighted by Gasteiger charge is -2.21. The molecule has 2 atom stereocenters. The second-order valence-electron chi connectivity index (χ2n) is 4.71. The molecule has 0 spiro atoms. The van der Waals surface area contributed by atoms with E-state index in [0.717, 1.165) is 22.4 Å². The van der Waals surface area contributed by atoms with Crippen LogP contribution in [0.2, 0.25) is 0 Å². The molecule has 0 heterocycles.